The maximum Gasteiger partial charge on any atom is 0.244 e. The average Bonchev–Trinajstić information content (AvgIpc) is 3.11. The molecule has 4 rings (SSSR count). The van der Waals surface area contributed by atoms with Crippen LogP contribution in [0.5, 0.6) is 0 Å². The Morgan fingerprint density at radius 1 is 1.10 bits per heavy atom. The number of piperidine rings is 1. The monoisotopic (exact) mass is 433 g/mol. The Morgan fingerprint density at radius 2 is 1.76 bits per heavy atom. The lowest BCUT2D eigenvalue weighted by molar-refractivity contribution is -0.128. The average molecular weight is 434 g/mol. The highest BCUT2D eigenvalue weighted by Gasteiger charge is 2.42. The Labute approximate surface area is 176 Å². The van der Waals surface area contributed by atoms with Crippen molar-refractivity contribution in [3.05, 3.63) is 64.7 Å². The van der Waals surface area contributed by atoms with Crippen LogP contribution in [0.25, 0.3) is 0 Å². The SMILES string of the molecule is NC1(C(=O)NC2CCc3ccccc32)CCN(S(=O)(=O)c2ccccc2Cl)CC1. The van der Waals surface area contributed by atoms with Gasteiger partial charge in [-0.05, 0) is 48.9 Å². The number of hydrogen-bond acceptors (Lipinski definition) is 4. The first-order valence-electron chi connectivity index (χ1n) is 9.74. The van der Waals surface area contributed by atoms with Crippen LogP contribution in [0.15, 0.2) is 53.4 Å². The highest BCUT2D eigenvalue weighted by molar-refractivity contribution is 7.89. The topological polar surface area (TPSA) is 92.5 Å². The number of hydrogen-bond donors (Lipinski definition) is 2. The van der Waals surface area contributed by atoms with Crippen LogP contribution in [0.3, 0.4) is 0 Å². The largest absolute Gasteiger partial charge is 0.348 e. The predicted molar refractivity (Wildman–Crippen MR) is 112 cm³/mol. The summed E-state index contributed by atoms with van der Waals surface area (Å²) in [5.41, 5.74) is 7.73. The predicted octanol–water partition coefficient (Wildman–Crippen LogP) is 2.63. The molecule has 1 aliphatic heterocycles. The van der Waals surface area contributed by atoms with Crippen LogP contribution in [0.2, 0.25) is 5.02 Å². The maximum absolute atomic E-state index is 12.9. The Morgan fingerprint density at radius 3 is 2.48 bits per heavy atom. The first kappa shape index (κ1) is 20.3. The summed E-state index contributed by atoms with van der Waals surface area (Å²) in [6.45, 7) is 0.359. The molecule has 29 heavy (non-hydrogen) atoms. The van der Waals surface area contributed by atoms with E-state index < -0.39 is 15.6 Å². The van der Waals surface area contributed by atoms with Gasteiger partial charge < -0.3 is 11.1 Å². The third kappa shape index (κ3) is 3.80. The number of nitrogens with two attached hydrogens (primary N) is 1. The minimum absolute atomic E-state index is 0.0380. The van der Waals surface area contributed by atoms with Gasteiger partial charge in [-0.1, -0.05) is 48.0 Å². The molecule has 0 radical (unpaired) electrons. The molecule has 3 N–H and O–H groups in total. The molecule has 2 aromatic carbocycles. The second-order valence-electron chi connectivity index (χ2n) is 7.75. The molecular formula is C21H24ClN3O3S. The van der Waals surface area contributed by atoms with Crippen LogP contribution in [-0.4, -0.2) is 37.3 Å². The Hall–Kier alpha value is -1.93. The van der Waals surface area contributed by atoms with Gasteiger partial charge in [0.2, 0.25) is 15.9 Å². The van der Waals surface area contributed by atoms with Crippen molar-refractivity contribution in [3.8, 4) is 0 Å². The first-order chi connectivity index (χ1) is 13.8. The van der Waals surface area contributed by atoms with E-state index in [-0.39, 0.29) is 47.8 Å². The van der Waals surface area contributed by atoms with E-state index in [2.05, 4.69) is 11.4 Å². The number of benzene rings is 2. The number of fused-ring (bicyclic) bond motifs is 1. The van der Waals surface area contributed by atoms with Crippen molar-refractivity contribution >= 4 is 27.5 Å². The van der Waals surface area contributed by atoms with E-state index in [1.54, 1.807) is 18.2 Å². The lowest BCUT2D eigenvalue weighted by Crippen LogP contribution is -2.60. The van der Waals surface area contributed by atoms with Gasteiger partial charge in [0.25, 0.3) is 0 Å². The van der Waals surface area contributed by atoms with Crippen molar-refractivity contribution in [3.63, 3.8) is 0 Å². The molecule has 0 spiro atoms. The summed E-state index contributed by atoms with van der Waals surface area (Å²) in [6.07, 6.45) is 2.31. The summed E-state index contributed by atoms with van der Waals surface area (Å²) in [7, 11) is -3.72. The number of sulfonamides is 1. The van der Waals surface area contributed by atoms with Crippen molar-refractivity contribution in [1.82, 2.24) is 9.62 Å². The van der Waals surface area contributed by atoms with Gasteiger partial charge in [-0.2, -0.15) is 4.31 Å². The summed E-state index contributed by atoms with van der Waals surface area (Å²) in [5, 5.41) is 3.28. The molecule has 1 fully saturated rings. The molecule has 1 heterocycles. The zero-order valence-corrected chi connectivity index (χ0v) is 17.5. The third-order valence-electron chi connectivity index (χ3n) is 5.96. The van der Waals surface area contributed by atoms with E-state index in [0.29, 0.717) is 0 Å². The highest BCUT2D eigenvalue weighted by atomic mass is 35.5. The molecule has 1 aliphatic carbocycles. The van der Waals surface area contributed by atoms with E-state index in [4.69, 9.17) is 17.3 Å². The Balaban J connectivity index is 1.43. The van der Waals surface area contributed by atoms with Crippen molar-refractivity contribution in [2.75, 3.05) is 13.1 Å². The van der Waals surface area contributed by atoms with Gasteiger partial charge in [-0.3, -0.25) is 4.79 Å². The second-order valence-corrected chi connectivity index (χ2v) is 10.1. The summed E-state index contributed by atoms with van der Waals surface area (Å²) >= 11 is 6.08. The number of aryl methyl sites for hydroxylation is 1. The van der Waals surface area contributed by atoms with Crippen molar-refractivity contribution < 1.29 is 13.2 Å². The van der Waals surface area contributed by atoms with Crippen LogP contribution < -0.4 is 11.1 Å². The van der Waals surface area contributed by atoms with Crippen molar-refractivity contribution in [2.45, 2.75) is 42.2 Å². The van der Waals surface area contributed by atoms with Crippen molar-refractivity contribution in [2.24, 2.45) is 5.73 Å². The van der Waals surface area contributed by atoms with E-state index in [1.807, 2.05) is 18.2 Å². The fourth-order valence-corrected chi connectivity index (χ4v) is 6.09. The molecule has 1 atom stereocenters. The lowest BCUT2D eigenvalue weighted by Gasteiger charge is -2.38. The van der Waals surface area contributed by atoms with E-state index in [0.717, 1.165) is 18.4 Å². The molecule has 1 saturated heterocycles. The first-order valence-corrected chi connectivity index (χ1v) is 11.6. The summed E-state index contributed by atoms with van der Waals surface area (Å²) in [4.78, 5) is 13.0. The minimum atomic E-state index is -3.72. The quantitative estimate of drug-likeness (QED) is 0.775. The fraction of sp³-hybridized carbons (Fsp3) is 0.381. The molecule has 0 saturated carbocycles. The maximum atomic E-state index is 12.9. The summed E-state index contributed by atoms with van der Waals surface area (Å²) < 4.78 is 27.2. The van der Waals surface area contributed by atoms with E-state index in [1.165, 1.54) is 15.9 Å². The Bertz CT molecular complexity index is 1030. The third-order valence-corrected chi connectivity index (χ3v) is 8.36. The van der Waals surface area contributed by atoms with Gasteiger partial charge >= 0.3 is 0 Å². The molecular weight excluding hydrogens is 410 g/mol. The molecule has 2 aliphatic rings. The normalized spacial score (nSPS) is 21.5. The molecule has 154 valence electrons. The smallest absolute Gasteiger partial charge is 0.244 e. The number of halogens is 1. The number of nitrogens with one attached hydrogen (secondary N) is 1. The Kier molecular flexibility index (Phi) is 5.42. The molecule has 1 unspecified atom stereocenters. The number of amides is 1. The van der Waals surface area contributed by atoms with Crippen LogP contribution >= 0.6 is 11.6 Å². The highest BCUT2D eigenvalue weighted by Crippen LogP contribution is 2.33. The van der Waals surface area contributed by atoms with E-state index in [9.17, 15) is 13.2 Å². The number of carbonyl (C=O) groups excluding carboxylic acids is 1. The molecule has 2 aromatic rings. The van der Waals surface area contributed by atoms with Gasteiger partial charge in [0.15, 0.2) is 0 Å². The van der Waals surface area contributed by atoms with E-state index >= 15 is 0 Å². The molecule has 8 heteroatoms. The molecule has 0 aromatic heterocycles. The number of nitrogens with zero attached hydrogens (tertiary/aromatic N) is 1. The van der Waals surface area contributed by atoms with Gasteiger partial charge in [0.05, 0.1) is 16.6 Å². The second kappa shape index (κ2) is 7.72. The van der Waals surface area contributed by atoms with Gasteiger partial charge in [-0.15, -0.1) is 0 Å². The molecule has 6 nitrogen and oxygen atoms in total. The fourth-order valence-electron chi connectivity index (χ4n) is 4.15. The molecule has 0 bridgehead atoms. The standard InChI is InChI=1S/C21H24ClN3O3S/c22-17-7-3-4-8-19(17)29(27,28)25-13-11-21(23,12-14-25)20(26)24-18-10-9-15-5-1-2-6-16(15)18/h1-8,18H,9-14,23H2,(H,24,26). The lowest BCUT2D eigenvalue weighted by atomic mass is 9.88. The van der Waals surface area contributed by atoms with Gasteiger partial charge in [-0.25, -0.2) is 8.42 Å². The zero-order chi connectivity index (χ0) is 20.6. The van der Waals surface area contributed by atoms with Crippen molar-refractivity contribution in [1.29, 1.82) is 0 Å². The molecule has 1 amide bonds. The zero-order valence-electron chi connectivity index (χ0n) is 16.0. The van der Waals surface area contributed by atoms with Gasteiger partial charge in [0, 0.05) is 13.1 Å². The van der Waals surface area contributed by atoms with Crippen LogP contribution in [0.4, 0.5) is 0 Å². The summed E-state index contributed by atoms with van der Waals surface area (Å²) in [5.74, 6) is -0.214. The minimum Gasteiger partial charge on any atom is -0.348 e. The van der Waals surface area contributed by atoms with Crippen LogP contribution in [-0.2, 0) is 21.2 Å². The summed E-state index contributed by atoms with van der Waals surface area (Å²) in [6, 6.07) is 14.4. The van der Waals surface area contributed by atoms with Crippen LogP contribution in [0, 0.1) is 0 Å². The van der Waals surface area contributed by atoms with Gasteiger partial charge in [0.1, 0.15) is 4.90 Å². The number of rotatable bonds is 4. The number of carbonyl (C=O) groups is 1. The van der Waals surface area contributed by atoms with Crippen LogP contribution in [0.1, 0.15) is 36.4 Å².